The second-order valence-corrected chi connectivity index (χ2v) is 5.04. The Balaban J connectivity index is 1.89. The molecule has 0 saturated carbocycles. The number of rotatable bonds is 4. The predicted molar refractivity (Wildman–Crippen MR) is 72.4 cm³/mol. The molecule has 1 aliphatic heterocycles. The third kappa shape index (κ3) is 3.95. The lowest BCUT2D eigenvalue weighted by Crippen LogP contribution is -2.42. The Labute approximate surface area is 116 Å². The van der Waals surface area contributed by atoms with Gasteiger partial charge in [0.05, 0.1) is 19.4 Å². The monoisotopic (exact) mass is 290 g/mol. The fourth-order valence-electron chi connectivity index (χ4n) is 1.90. The third-order valence-corrected chi connectivity index (χ3v) is 3.19. The fraction of sp³-hybridized carbons (Fsp3) is 0.636. The summed E-state index contributed by atoms with van der Waals surface area (Å²) in [5.41, 5.74) is 0. The van der Waals surface area contributed by atoms with Crippen LogP contribution in [0.2, 0.25) is 10.3 Å². The van der Waals surface area contributed by atoms with Gasteiger partial charge in [0, 0.05) is 25.7 Å². The average Bonchev–Trinajstić information content (AvgIpc) is 2.35. The van der Waals surface area contributed by atoms with Crippen LogP contribution in [0.3, 0.4) is 0 Å². The van der Waals surface area contributed by atoms with E-state index in [9.17, 15) is 0 Å². The van der Waals surface area contributed by atoms with Crippen LogP contribution in [0.4, 0.5) is 5.82 Å². The first-order valence-electron chi connectivity index (χ1n) is 5.90. The number of morpholine rings is 1. The first-order chi connectivity index (χ1) is 8.65. The molecule has 1 N–H and O–H groups in total. The number of nitrogens with zero attached hydrogens (tertiary/aromatic N) is 3. The summed E-state index contributed by atoms with van der Waals surface area (Å²) in [5, 5.41) is 3.92. The topological polar surface area (TPSA) is 50.3 Å². The van der Waals surface area contributed by atoms with Crippen LogP contribution in [0.1, 0.15) is 6.92 Å². The summed E-state index contributed by atoms with van der Waals surface area (Å²) in [5.74, 6) is 0.581. The maximum atomic E-state index is 6.00. The van der Waals surface area contributed by atoms with Gasteiger partial charge in [-0.25, -0.2) is 4.98 Å². The van der Waals surface area contributed by atoms with Gasteiger partial charge in [0.25, 0.3) is 0 Å². The molecule has 1 aliphatic rings. The van der Waals surface area contributed by atoms with Crippen molar-refractivity contribution >= 4 is 29.0 Å². The minimum atomic E-state index is 0.195. The molecule has 0 aliphatic carbocycles. The van der Waals surface area contributed by atoms with Crippen molar-refractivity contribution in [1.82, 2.24) is 14.9 Å². The minimum absolute atomic E-state index is 0.195. The van der Waals surface area contributed by atoms with Gasteiger partial charge in [0.2, 0.25) is 5.28 Å². The number of nitrogens with one attached hydrogen (secondary N) is 1. The molecule has 2 heterocycles. The van der Waals surface area contributed by atoms with E-state index in [2.05, 4.69) is 27.1 Å². The van der Waals surface area contributed by atoms with Crippen LogP contribution < -0.4 is 5.32 Å². The van der Waals surface area contributed by atoms with Crippen molar-refractivity contribution < 1.29 is 4.74 Å². The number of aromatic nitrogens is 2. The van der Waals surface area contributed by atoms with Crippen molar-refractivity contribution in [2.75, 3.05) is 38.2 Å². The summed E-state index contributed by atoms with van der Waals surface area (Å²) in [7, 11) is 0. The molecule has 5 nitrogen and oxygen atoms in total. The molecule has 7 heteroatoms. The fourth-order valence-corrected chi connectivity index (χ4v) is 2.18. The van der Waals surface area contributed by atoms with Crippen LogP contribution in [0.5, 0.6) is 0 Å². The smallest absolute Gasteiger partial charge is 0.224 e. The highest BCUT2D eigenvalue weighted by atomic mass is 35.5. The van der Waals surface area contributed by atoms with E-state index >= 15 is 0 Å². The third-order valence-electron chi connectivity index (χ3n) is 2.73. The van der Waals surface area contributed by atoms with E-state index in [1.165, 1.54) is 6.20 Å². The van der Waals surface area contributed by atoms with E-state index in [1.54, 1.807) is 0 Å². The SMILES string of the molecule is CC(CN1CCOCC1)Nc1nc(Cl)ncc1Cl. The van der Waals surface area contributed by atoms with E-state index in [4.69, 9.17) is 27.9 Å². The normalized spacial score (nSPS) is 18.6. The highest BCUT2D eigenvalue weighted by Crippen LogP contribution is 2.20. The molecule has 2 rings (SSSR count). The molecule has 100 valence electrons. The lowest BCUT2D eigenvalue weighted by atomic mass is 10.3. The van der Waals surface area contributed by atoms with E-state index in [0.717, 1.165) is 32.8 Å². The molecule has 1 atom stereocenters. The summed E-state index contributed by atoms with van der Waals surface area (Å²) in [6.45, 7) is 6.53. The molecule has 1 aromatic rings. The summed E-state index contributed by atoms with van der Waals surface area (Å²) in [6, 6.07) is 0.228. The van der Waals surface area contributed by atoms with Gasteiger partial charge in [0.1, 0.15) is 10.8 Å². The molecule has 1 unspecified atom stereocenters. The molecule has 1 saturated heterocycles. The Morgan fingerprint density at radius 2 is 2.17 bits per heavy atom. The average molecular weight is 291 g/mol. The standard InChI is InChI=1S/C11H16Cl2N4O/c1-8(7-17-2-4-18-5-3-17)15-10-9(12)6-14-11(13)16-10/h6,8H,2-5,7H2,1H3,(H,14,15,16). The molecule has 0 spiro atoms. The lowest BCUT2D eigenvalue weighted by molar-refractivity contribution is 0.0368. The van der Waals surface area contributed by atoms with E-state index in [-0.39, 0.29) is 11.3 Å². The Hall–Kier alpha value is -0.620. The van der Waals surface area contributed by atoms with Gasteiger partial charge in [-0.1, -0.05) is 11.6 Å². The molecule has 0 radical (unpaired) electrons. The number of hydrogen-bond donors (Lipinski definition) is 1. The zero-order valence-corrected chi connectivity index (χ0v) is 11.7. The zero-order valence-electron chi connectivity index (χ0n) is 10.2. The quantitative estimate of drug-likeness (QED) is 0.859. The van der Waals surface area contributed by atoms with Crippen molar-refractivity contribution in [2.24, 2.45) is 0 Å². The Morgan fingerprint density at radius 1 is 1.44 bits per heavy atom. The van der Waals surface area contributed by atoms with Crippen molar-refractivity contribution in [3.8, 4) is 0 Å². The molecule has 0 bridgehead atoms. The van der Waals surface area contributed by atoms with Gasteiger partial charge in [-0.15, -0.1) is 0 Å². The molecular weight excluding hydrogens is 275 g/mol. The van der Waals surface area contributed by atoms with Crippen molar-refractivity contribution in [3.63, 3.8) is 0 Å². The number of anilines is 1. The summed E-state index contributed by atoms with van der Waals surface area (Å²) < 4.78 is 5.31. The summed E-state index contributed by atoms with van der Waals surface area (Å²) in [4.78, 5) is 10.2. The number of hydrogen-bond acceptors (Lipinski definition) is 5. The van der Waals surface area contributed by atoms with Gasteiger partial charge in [-0.2, -0.15) is 4.98 Å². The second kappa shape index (κ2) is 6.52. The van der Waals surface area contributed by atoms with Crippen molar-refractivity contribution in [3.05, 3.63) is 16.5 Å². The summed E-state index contributed by atoms with van der Waals surface area (Å²) >= 11 is 11.7. The van der Waals surface area contributed by atoms with Gasteiger partial charge in [0.15, 0.2) is 0 Å². The lowest BCUT2D eigenvalue weighted by Gasteiger charge is -2.29. The molecule has 0 aromatic carbocycles. The number of ether oxygens (including phenoxy) is 1. The first-order valence-corrected chi connectivity index (χ1v) is 6.65. The molecular formula is C11H16Cl2N4O. The van der Waals surface area contributed by atoms with Crippen LogP contribution in [-0.2, 0) is 4.74 Å². The molecule has 1 aromatic heterocycles. The first kappa shape index (κ1) is 13.8. The zero-order chi connectivity index (χ0) is 13.0. The van der Waals surface area contributed by atoms with Crippen LogP contribution in [0.25, 0.3) is 0 Å². The van der Waals surface area contributed by atoms with Crippen molar-refractivity contribution in [2.45, 2.75) is 13.0 Å². The molecule has 1 fully saturated rings. The van der Waals surface area contributed by atoms with Gasteiger partial charge < -0.3 is 10.1 Å². The van der Waals surface area contributed by atoms with Gasteiger partial charge >= 0.3 is 0 Å². The summed E-state index contributed by atoms with van der Waals surface area (Å²) in [6.07, 6.45) is 1.50. The largest absolute Gasteiger partial charge is 0.379 e. The Kier molecular flexibility index (Phi) is 5.00. The predicted octanol–water partition coefficient (Wildman–Crippen LogP) is 1.92. The maximum Gasteiger partial charge on any atom is 0.224 e. The second-order valence-electron chi connectivity index (χ2n) is 4.29. The van der Waals surface area contributed by atoms with Crippen LogP contribution in [-0.4, -0.2) is 53.8 Å². The minimum Gasteiger partial charge on any atom is -0.379 e. The van der Waals surface area contributed by atoms with Crippen LogP contribution in [0.15, 0.2) is 6.20 Å². The van der Waals surface area contributed by atoms with E-state index in [1.807, 2.05) is 0 Å². The van der Waals surface area contributed by atoms with Crippen LogP contribution >= 0.6 is 23.2 Å². The van der Waals surface area contributed by atoms with Crippen molar-refractivity contribution in [1.29, 1.82) is 0 Å². The van der Waals surface area contributed by atoms with E-state index in [0.29, 0.717) is 10.8 Å². The van der Waals surface area contributed by atoms with Gasteiger partial charge in [-0.05, 0) is 18.5 Å². The maximum absolute atomic E-state index is 6.00. The Bertz CT molecular complexity index is 399. The number of halogens is 2. The van der Waals surface area contributed by atoms with E-state index < -0.39 is 0 Å². The molecule has 18 heavy (non-hydrogen) atoms. The van der Waals surface area contributed by atoms with Gasteiger partial charge in [-0.3, -0.25) is 4.90 Å². The highest BCUT2D eigenvalue weighted by Gasteiger charge is 2.15. The Morgan fingerprint density at radius 3 is 2.89 bits per heavy atom. The highest BCUT2D eigenvalue weighted by molar-refractivity contribution is 6.33. The molecule has 0 amide bonds. The van der Waals surface area contributed by atoms with Crippen LogP contribution in [0, 0.1) is 0 Å².